The average molecular weight is 283 g/mol. The molecular formula is C18H21NO2. The van der Waals surface area contributed by atoms with Crippen molar-refractivity contribution >= 4 is 5.91 Å². The van der Waals surface area contributed by atoms with Gasteiger partial charge in [0.2, 0.25) is 0 Å². The second kappa shape index (κ2) is 6.93. The first kappa shape index (κ1) is 15.1. The molecule has 1 N–H and O–H groups in total. The van der Waals surface area contributed by atoms with Crippen molar-refractivity contribution in [2.45, 2.75) is 32.9 Å². The zero-order valence-corrected chi connectivity index (χ0v) is 12.7. The van der Waals surface area contributed by atoms with Crippen LogP contribution in [-0.4, -0.2) is 12.0 Å². The van der Waals surface area contributed by atoms with Crippen LogP contribution in [0.4, 0.5) is 0 Å². The molecule has 0 spiro atoms. The lowest BCUT2D eigenvalue weighted by atomic mass is 10.1. The van der Waals surface area contributed by atoms with Crippen molar-refractivity contribution in [2.24, 2.45) is 0 Å². The SMILES string of the molecule is Cc1cccc(O[C@H](C)C(=O)N[C@H](C)c2ccccc2)c1. The van der Waals surface area contributed by atoms with Gasteiger partial charge >= 0.3 is 0 Å². The summed E-state index contributed by atoms with van der Waals surface area (Å²) in [6.07, 6.45) is -0.530. The maximum Gasteiger partial charge on any atom is 0.261 e. The molecule has 3 nitrogen and oxygen atoms in total. The van der Waals surface area contributed by atoms with E-state index in [0.717, 1.165) is 11.1 Å². The van der Waals surface area contributed by atoms with Gasteiger partial charge < -0.3 is 10.1 Å². The van der Waals surface area contributed by atoms with E-state index in [9.17, 15) is 4.79 Å². The van der Waals surface area contributed by atoms with Crippen molar-refractivity contribution in [1.82, 2.24) is 5.32 Å². The fourth-order valence-corrected chi connectivity index (χ4v) is 2.10. The Morgan fingerprint density at radius 1 is 1.05 bits per heavy atom. The van der Waals surface area contributed by atoms with Gasteiger partial charge in [0.15, 0.2) is 6.10 Å². The predicted octanol–water partition coefficient (Wildman–Crippen LogP) is 3.64. The third-order valence-electron chi connectivity index (χ3n) is 3.33. The highest BCUT2D eigenvalue weighted by molar-refractivity contribution is 5.81. The molecule has 3 heteroatoms. The average Bonchev–Trinajstić information content (AvgIpc) is 2.48. The van der Waals surface area contributed by atoms with Gasteiger partial charge in [-0.25, -0.2) is 0 Å². The molecule has 0 unspecified atom stereocenters. The van der Waals surface area contributed by atoms with Crippen LogP contribution in [0.2, 0.25) is 0 Å². The molecular weight excluding hydrogens is 262 g/mol. The van der Waals surface area contributed by atoms with Gasteiger partial charge in [0, 0.05) is 0 Å². The molecule has 0 aromatic heterocycles. The van der Waals surface area contributed by atoms with Gasteiger partial charge in [0.05, 0.1) is 6.04 Å². The number of benzene rings is 2. The Labute approximate surface area is 126 Å². The lowest BCUT2D eigenvalue weighted by molar-refractivity contribution is -0.127. The van der Waals surface area contributed by atoms with Crippen molar-refractivity contribution in [1.29, 1.82) is 0 Å². The van der Waals surface area contributed by atoms with Crippen LogP contribution in [0.25, 0.3) is 0 Å². The summed E-state index contributed by atoms with van der Waals surface area (Å²) in [6, 6.07) is 17.5. The number of hydrogen-bond donors (Lipinski definition) is 1. The Balaban J connectivity index is 1.94. The molecule has 2 aromatic carbocycles. The number of nitrogens with one attached hydrogen (secondary N) is 1. The molecule has 2 aromatic rings. The van der Waals surface area contributed by atoms with E-state index < -0.39 is 6.10 Å². The van der Waals surface area contributed by atoms with Crippen molar-refractivity contribution in [3.05, 3.63) is 65.7 Å². The standard InChI is InChI=1S/C18H21NO2/c1-13-8-7-11-17(12-13)21-15(3)18(20)19-14(2)16-9-5-4-6-10-16/h4-12,14-15H,1-3H3,(H,19,20)/t14-,15-/m1/s1. The molecule has 110 valence electrons. The molecule has 2 rings (SSSR count). The summed E-state index contributed by atoms with van der Waals surface area (Å²) < 4.78 is 5.68. The fourth-order valence-electron chi connectivity index (χ4n) is 2.10. The minimum Gasteiger partial charge on any atom is -0.481 e. The smallest absolute Gasteiger partial charge is 0.261 e. The number of carbonyl (C=O) groups is 1. The van der Waals surface area contributed by atoms with Crippen LogP contribution in [0.15, 0.2) is 54.6 Å². The number of hydrogen-bond acceptors (Lipinski definition) is 2. The van der Waals surface area contributed by atoms with E-state index in [2.05, 4.69) is 5.32 Å². The van der Waals surface area contributed by atoms with Crippen molar-refractivity contribution < 1.29 is 9.53 Å². The van der Waals surface area contributed by atoms with E-state index in [0.29, 0.717) is 5.75 Å². The van der Waals surface area contributed by atoms with Crippen LogP contribution in [0.1, 0.15) is 31.0 Å². The number of aryl methyl sites for hydroxylation is 1. The first-order valence-corrected chi connectivity index (χ1v) is 7.15. The molecule has 21 heavy (non-hydrogen) atoms. The zero-order valence-electron chi connectivity index (χ0n) is 12.7. The highest BCUT2D eigenvalue weighted by atomic mass is 16.5. The van der Waals surface area contributed by atoms with E-state index in [-0.39, 0.29) is 11.9 Å². The lowest BCUT2D eigenvalue weighted by Gasteiger charge is -2.19. The third kappa shape index (κ3) is 4.35. The van der Waals surface area contributed by atoms with Crippen LogP contribution in [0, 0.1) is 6.92 Å². The van der Waals surface area contributed by atoms with Crippen molar-refractivity contribution in [2.75, 3.05) is 0 Å². The van der Waals surface area contributed by atoms with Gasteiger partial charge in [-0.2, -0.15) is 0 Å². The molecule has 0 saturated carbocycles. The minimum atomic E-state index is -0.530. The molecule has 0 bridgehead atoms. The second-order valence-electron chi connectivity index (χ2n) is 5.22. The Morgan fingerprint density at radius 3 is 2.43 bits per heavy atom. The Morgan fingerprint density at radius 2 is 1.76 bits per heavy atom. The van der Waals surface area contributed by atoms with Crippen LogP contribution >= 0.6 is 0 Å². The van der Waals surface area contributed by atoms with Crippen molar-refractivity contribution in [3.8, 4) is 5.75 Å². The number of rotatable bonds is 5. The van der Waals surface area contributed by atoms with Gasteiger partial charge in [-0.15, -0.1) is 0 Å². The van der Waals surface area contributed by atoms with Crippen LogP contribution in [0.3, 0.4) is 0 Å². The maximum atomic E-state index is 12.2. The Kier molecular flexibility index (Phi) is 4.99. The normalized spacial score (nSPS) is 13.3. The van der Waals surface area contributed by atoms with Gasteiger partial charge in [0.1, 0.15) is 5.75 Å². The van der Waals surface area contributed by atoms with E-state index in [1.165, 1.54) is 0 Å². The molecule has 1 amide bonds. The molecule has 0 aliphatic carbocycles. The summed E-state index contributed by atoms with van der Waals surface area (Å²) >= 11 is 0. The second-order valence-corrected chi connectivity index (χ2v) is 5.22. The minimum absolute atomic E-state index is 0.0396. The maximum absolute atomic E-state index is 12.2. The molecule has 0 aliphatic rings. The Hall–Kier alpha value is -2.29. The molecule has 0 saturated heterocycles. The third-order valence-corrected chi connectivity index (χ3v) is 3.33. The molecule has 2 atom stereocenters. The fraction of sp³-hybridized carbons (Fsp3) is 0.278. The van der Waals surface area contributed by atoms with Gasteiger partial charge in [-0.1, -0.05) is 42.5 Å². The summed E-state index contributed by atoms with van der Waals surface area (Å²) in [5, 5.41) is 2.97. The van der Waals surface area contributed by atoms with Gasteiger partial charge in [-0.05, 0) is 44.0 Å². The molecule has 0 fully saturated rings. The van der Waals surface area contributed by atoms with Crippen LogP contribution in [0.5, 0.6) is 5.75 Å². The van der Waals surface area contributed by atoms with Gasteiger partial charge in [0.25, 0.3) is 5.91 Å². The van der Waals surface area contributed by atoms with Crippen LogP contribution in [-0.2, 0) is 4.79 Å². The summed E-state index contributed by atoms with van der Waals surface area (Å²) in [5.41, 5.74) is 2.19. The number of ether oxygens (including phenoxy) is 1. The van der Waals surface area contributed by atoms with Crippen LogP contribution < -0.4 is 10.1 Å². The van der Waals surface area contributed by atoms with E-state index in [1.807, 2.05) is 68.4 Å². The summed E-state index contributed by atoms with van der Waals surface area (Å²) in [6.45, 7) is 5.72. The quantitative estimate of drug-likeness (QED) is 0.909. The topological polar surface area (TPSA) is 38.3 Å². The summed E-state index contributed by atoms with van der Waals surface area (Å²) in [5.74, 6) is 0.595. The van der Waals surface area contributed by atoms with E-state index in [4.69, 9.17) is 4.74 Å². The predicted molar refractivity (Wildman–Crippen MR) is 84.3 cm³/mol. The van der Waals surface area contributed by atoms with E-state index in [1.54, 1.807) is 6.92 Å². The highest BCUT2D eigenvalue weighted by Gasteiger charge is 2.17. The Bertz CT molecular complexity index is 595. The molecule has 0 heterocycles. The molecule has 0 aliphatic heterocycles. The molecule has 0 radical (unpaired) electrons. The summed E-state index contributed by atoms with van der Waals surface area (Å²) in [7, 11) is 0. The zero-order chi connectivity index (χ0) is 15.2. The summed E-state index contributed by atoms with van der Waals surface area (Å²) in [4.78, 5) is 12.2. The van der Waals surface area contributed by atoms with Gasteiger partial charge in [-0.3, -0.25) is 4.79 Å². The first-order chi connectivity index (χ1) is 10.1. The number of carbonyl (C=O) groups excluding carboxylic acids is 1. The van der Waals surface area contributed by atoms with Crippen molar-refractivity contribution in [3.63, 3.8) is 0 Å². The number of amides is 1. The van der Waals surface area contributed by atoms with E-state index >= 15 is 0 Å². The monoisotopic (exact) mass is 283 g/mol. The largest absolute Gasteiger partial charge is 0.481 e. The first-order valence-electron chi connectivity index (χ1n) is 7.15. The lowest BCUT2D eigenvalue weighted by Crippen LogP contribution is -2.37. The highest BCUT2D eigenvalue weighted by Crippen LogP contribution is 2.15.